The van der Waals surface area contributed by atoms with E-state index in [1.165, 1.54) is 16.7 Å². The van der Waals surface area contributed by atoms with Gasteiger partial charge in [0.15, 0.2) is 0 Å². The van der Waals surface area contributed by atoms with Crippen molar-refractivity contribution in [2.45, 2.75) is 53.0 Å². The van der Waals surface area contributed by atoms with Gasteiger partial charge in [0.05, 0.1) is 12.1 Å². The van der Waals surface area contributed by atoms with Gasteiger partial charge in [-0.2, -0.15) is 0 Å². The minimum Gasteiger partial charge on any atom is -0.505 e. The van der Waals surface area contributed by atoms with E-state index in [4.69, 9.17) is 4.74 Å². The minimum atomic E-state index is -0.235. The van der Waals surface area contributed by atoms with E-state index in [0.717, 1.165) is 22.3 Å². The quantitative estimate of drug-likeness (QED) is 0.178. The predicted octanol–water partition coefficient (Wildman–Crippen LogP) is 6.79. The van der Waals surface area contributed by atoms with Gasteiger partial charge < -0.3 is 15.2 Å². The van der Waals surface area contributed by atoms with Crippen LogP contribution in [0.1, 0.15) is 47.5 Å². The molecule has 0 aromatic rings. The fourth-order valence-corrected chi connectivity index (χ4v) is 4.14. The number of aliphatic hydroxyl groups is 1. The average Bonchev–Trinajstić information content (AvgIpc) is 2.67. The molecule has 0 fully saturated rings. The Morgan fingerprint density at radius 3 is 2.68 bits per heavy atom. The van der Waals surface area contributed by atoms with Crippen molar-refractivity contribution in [2.24, 2.45) is 5.92 Å². The number of halogens is 1. The smallest absolute Gasteiger partial charge is 0.144 e. The molecule has 0 radical (unpaired) electrons. The zero-order valence-corrected chi connectivity index (χ0v) is 19.7. The molecule has 0 amide bonds. The van der Waals surface area contributed by atoms with Crippen molar-refractivity contribution >= 4 is 22.6 Å². The van der Waals surface area contributed by atoms with Crippen molar-refractivity contribution in [1.29, 1.82) is 0 Å². The van der Waals surface area contributed by atoms with Gasteiger partial charge in [-0.25, -0.2) is 0 Å². The zero-order chi connectivity index (χ0) is 20.7. The summed E-state index contributed by atoms with van der Waals surface area (Å²) in [5.74, 6) is 1.64. The lowest BCUT2D eigenvalue weighted by Gasteiger charge is -2.33. The van der Waals surface area contributed by atoms with E-state index in [9.17, 15) is 5.11 Å². The second kappa shape index (κ2) is 10.2. The van der Waals surface area contributed by atoms with Gasteiger partial charge >= 0.3 is 0 Å². The summed E-state index contributed by atoms with van der Waals surface area (Å²) in [5.41, 5.74) is 3.56. The molecule has 1 heterocycles. The highest BCUT2D eigenvalue weighted by atomic mass is 127. The van der Waals surface area contributed by atoms with Gasteiger partial charge in [-0.3, -0.25) is 0 Å². The molecule has 0 bridgehead atoms. The van der Waals surface area contributed by atoms with Crippen molar-refractivity contribution in [2.75, 3.05) is 6.61 Å². The third-order valence-corrected chi connectivity index (χ3v) is 5.85. The number of hydrogen-bond acceptors (Lipinski definition) is 3. The van der Waals surface area contributed by atoms with Crippen molar-refractivity contribution in [3.05, 3.63) is 80.5 Å². The first-order valence-electron chi connectivity index (χ1n) is 9.77. The SMILES string of the molecule is C/C=C(/C=C(/C)C(C[C@]1(C)C=CC(O)=C(I)N1)=C(C)C)OCC1C=CC=CC1. The maximum atomic E-state index is 9.85. The highest BCUT2D eigenvalue weighted by Crippen LogP contribution is 2.31. The fraction of sp³-hybridized carbons (Fsp3) is 0.417. The molecule has 1 unspecified atom stereocenters. The van der Waals surface area contributed by atoms with Gasteiger partial charge in [0.25, 0.3) is 0 Å². The van der Waals surface area contributed by atoms with E-state index >= 15 is 0 Å². The molecule has 3 nitrogen and oxygen atoms in total. The Labute approximate surface area is 183 Å². The van der Waals surface area contributed by atoms with Crippen LogP contribution in [0.3, 0.4) is 0 Å². The first kappa shape index (κ1) is 22.6. The van der Waals surface area contributed by atoms with Gasteiger partial charge in [0, 0.05) is 5.92 Å². The van der Waals surface area contributed by atoms with Crippen LogP contribution in [0.15, 0.2) is 80.5 Å². The van der Waals surface area contributed by atoms with Gasteiger partial charge in [-0.1, -0.05) is 36.0 Å². The molecule has 0 aromatic carbocycles. The van der Waals surface area contributed by atoms with Crippen LogP contribution in [-0.2, 0) is 4.74 Å². The van der Waals surface area contributed by atoms with Crippen LogP contribution in [0.5, 0.6) is 0 Å². The predicted molar refractivity (Wildman–Crippen MR) is 127 cm³/mol. The van der Waals surface area contributed by atoms with Gasteiger partial charge in [-0.05, 0) is 99.4 Å². The average molecular weight is 493 g/mol. The van der Waals surface area contributed by atoms with Crippen LogP contribution in [-0.4, -0.2) is 17.3 Å². The summed E-state index contributed by atoms with van der Waals surface area (Å²) < 4.78 is 6.87. The highest BCUT2D eigenvalue weighted by Gasteiger charge is 2.27. The van der Waals surface area contributed by atoms with Crippen molar-refractivity contribution in [3.63, 3.8) is 0 Å². The third-order valence-electron chi connectivity index (χ3n) is 5.03. The number of rotatable bonds is 7. The number of hydrogen-bond donors (Lipinski definition) is 2. The number of ether oxygens (including phenoxy) is 1. The fourth-order valence-electron chi connectivity index (χ4n) is 3.34. The number of dihydropyridines is 1. The Morgan fingerprint density at radius 1 is 1.36 bits per heavy atom. The summed E-state index contributed by atoms with van der Waals surface area (Å²) >= 11 is 2.14. The molecule has 2 atom stereocenters. The number of aliphatic hydroxyl groups excluding tert-OH is 1. The second-order valence-electron chi connectivity index (χ2n) is 7.87. The van der Waals surface area contributed by atoms with E-state index < -0.39 is 0 Å². The number of allylic oxidation sites excluding steroid dienone is 8. The Bertz CT molecular complexity index is 791. The summed E-state index contributed by atoms with van der Waals surface area (Å²) in [5, 5.41) is 13.3. The molecule has 28 heavy (non-hydrogen) atoms. The molecule has 0 saturated carbocycles. The molecule has 152 valence electrons. The van der Waals surface area contributed by atoms with Gasteiger partial charge in [0.1, 0.15) is 15.2 Å². The number of nitrogens with one attached hydrogen (secondary N) is 1. The monoisotopic (exact) mass is 493 g/mol. The molecular formula is C24H32INO2. The molecule has 0 aromatic heterocycles. The van der Waals surface area contributed by atoms with Crippen LogP contribution in [0.2, 0.25) is 0 Å². The van der Waals surface area contributed by atoms with Crippen LogP contribution in [0, 0.1) is 5.92 Å². The summed E-state index contributed by atoms with van der Waals surface area (Å²) in [6.07, 6.45) is 18.4. The van der Waals surface area contributed by atoms with Gasteiger partial charge in [0.2, 0.25) is 0 Å². The Hall–Kier alpha value is -1.69. The maximum Gasteiger partial charge on any atom is 0.144 e. The summed E-state index contributed by atoms with van der Waals surface area (Å²) in [6.45, 7) is 11.3. The van der Waals surface area contributed by atoms with Crippen molar-refractivity contribution < 1.29 is 9.84 Å². The highest BCUT2D eigenvalue weighted by molar-refractivity contribution is 14.1. The summed E-state index contributed by atoms with van der Waals surface area (Å²) in [6, 6.07) is 0. The molecular weight excluding hydrogens is 461 g/mol. The first-order chi connectivity index (χ1) is 13.2. The first-order valence-corrected chi connectivity index (χ1v) is 10.9. The summed E-state index contributed by atoms with van der Waals surface area (Å²) in [4.78, 5) is 0. The molecule has 1 aliphatic carbocycles. The molecule has 2 aliphatic rings. The van der Waals surface area contributed by atoms with Gasteiger partial charge in [-0.15, -0.1) is 0 Å². The lowest BCUT2D eigenvalue weighted by Crippen LogP contribution is -2.41. The molecule has 2 N–H and O–H groups in total. The van der Waals surface area contributed by atoms with Crippen molar-refractivity contribution in [3.8, 4) is 0 Å². The van der Waals surface area contributed by atoms with Crippen LogP contribution in [0.4, 0.5) is 0 Å². The molecule has 2 rings (SSSR count). The van der Waals surface area contributed by atoms with E-state index in [1.807, 2.05) is 19.1 Å². The van der Waals surface area contributed by atoms with Crippen LogP contribution >= 0.6 is 22.6 Å². The third kappa shape index (κ3) is 6.43. The standard InChI is InChI=1S/C24H32INO2/c1-6-20(28-16-19-10-8-7-9-11-19)14-18(4)21(17(2)3)15-24(5)13-12-22(27)23(25)26-24/h6-10,12-14,19,26-27H,11,15-16H2,1-5H3/b18-14-,20-6-/t19?,24-/m0/s1. The van der Waals surface area contributed by atoms with Crippen LogP contribution in [0.25, 0.3) is 0 Å². The van der Waals surface area contributed by atoms with E-state index in [1.54, 1.807) is 6.08 Å². The van der Waals surface area contributed by atoms with E-state index in [2.05, 4.69) is 86.0 Å². The largest absolute Gasteiger partial charge is 0.505 e. The van der Waals surface area contributed by atoms with E-state index in [0.29, 0.717) is 18.3 Å². The summed E-state index contributed by atoms with van der Waals surface area (Å²) in [7, 11) is 0. The van der Waals surface area contributed by atoms with Crippen LogP contribution < -0.4 is 5.32 Å². The second-order valence-corrected chi connectivity index (χ2v) is 8.95. The maximum absolute atomic E-state index is 9.85. The Morgan fingerprint density at radius 2 is 2.11 bits per heavy atom. The zero-order valence-electron chi connectivity index (χ0n) is 17.6. The molecule has 4 heteroatoms. The lowest BCUT2D eigenvalue weighted by molar-refractivity contribution is 0.193. The van der Waals surface area contributed by atoms with E-state index in [-0.39, 0.29) is 5.54 Å². The minimum absolute atomic E-state index is 0.235. The normalized spacial score (nSPS) is 25.0. The molecule has 0 saturated heterocycles. The lowest BCUT2D eigenvalue weighted by atomic mass is 9.85. The molecule has 1 aliphatic heterocycles. The Kier molecular flexibility index (Phi) is 8.23. The topological polar surface area (TPSA) is 41.5 Å². The Balaban J connectivity index is 2.10. The van der Waals surface area contributed by atoms with Crippen molar-refractivity contribution in [1.82, 2.24) is 5.32 Å². The molecule has 0 spiro atoms.